The zero-order valence-corrected chi connectivity index (χ0v) is 8.95. The average Bonchev–Trinajstić information content (AvgIpc) is 2.51. The predicted octanol–water partition coefficient (Wildman–Crippen LogP) is 2.60. The Morgan fingerprint density at radius 2 is 2.31 bits per heavy atom. The number of rotatable bonds is 2. The zero-order valence-electron chi connectivity index (χ0n) is 7.37. The van der Waals surface area contributed by atoms with Gasteiger partial charge in [-0.1, -0.05) is 6.92 Å². The van der Waals surface area contributed by atoms with Gasteiger partial charge < -0.3 is 4.57 Å². The Hall–Kier alpha value is -0.900. The first-order chi connectivity index (χ1) is 6.33. The van der Waals surface area contributed by atoms with E-state index in [-0.39, 0.29) is 0 Å². The van der Waals surface area contributed by atoms with Gasteiger partial charge in [0.25, 0.3) is 0 Å². The summed E-state index contributed by atoms with van der Waals surface area (Å²) in [6, 6.07) is 0. The third-order valence-corrected chi connectivity index (χ3v) is 2.52. The van der Waals surface area contributed by atoms with Gasteiger partial charge in [-0.15, -0.1) is 0 Å². The molecule has 0 spiro atoms. The monoisotopic (exact) mass is 239 g/mol. The Morgan fingerprint density at radius 1 is 1.46 bits per heavy atom. The van der Waals surface area contributed by atoms with Crippen LogP contribution in [-0.4, -0.2) is 14.5 Å². The minimum absolute atomic E-state index is 0.947. The van der Waals surface area contributed by atoms with Gasteiger partial charge in [-0.05, 0) is 22.4 Å². The van der Waals surface area contributed by atoms with Crippen LogP contribution in [0.2, 0.25) is 0 Å². The molecule has 0 fully saturated rings. The van der Waals surface area contributed by atoms with Gasteiger partial charge in [0, 0.05) is 12.7 Å². The van der Waals surface area contributed by atoms with E-state index in [1.54, 1.807) is 12.4 Å². The highest BCUT2D eigenvalue weighted by atomic mass is 79.9. The zero-order chi connectivity index (χ0) is 9.26. The minimum Gasteiger partial charge on any atom is -0.330 e. The molecule has 2 heterocycles. The summed E-state index contributed by atoms with van der Waals surface area (Å²) in [6.07, 6.45) is 6.56. The fourth-order valence-electron chi connectivity index (χ4n) is 1.40. The van der Waals surface area contributed by atoms with Gasteiger partial charge in [0.1, 0.15) is 5.52 Å². The number of fused-ring (bicyclic) bond motifs is 1. The Labute approximate surface area is 84.9 Å². The van der Waals surface area contributed by atoms with Crippen LogP contribution in [0.4, 0.5) is 0 Å². The van der Waals surface area contributed by atoms with E-state index in [1.165, 1.54) is 0 Å². The molecule has 0 bridgehead atoms. The fraction of sp³-hybridized carbons (Fsp3) is 0.333. The molecule has 0 saturated heterocycles. The molecular formula is C9H10BrN3. The Bertz CT molecular complexity index is 422. The molecule has 0 aliphatic rings. The van der Waals surface area contributed by atoms with Crippen molar-refractivity contribution in [2.24, 2.45) is 0 Å². The number of hydrogen-bond donors (Lipinski definition) is 0. The number of nitrogens with zero attached hydrogens (tertiary/aromatic N) is 3. The van der Waals surface area contributed by atoms with E-state index < -0.39 is 0 Å². The third kappa shape index (κ3) is 1.46. The Kier molecular flexibility index (Phi) is 2.31. The van der Waals surface area contributed by atoms with Crippen LogP contribution >= 0.6 is 15.9 Å². The van der Waals surface area contributed by atoms with Crippen molar-refractivity contribution in [2.45, 2.75) is 19.9 Å². The summed E-state index contributed by atoms with van der Waals surface area (Å²) in [6.45, 7) is 3.15. The summed E-state index contributed by atoms with van der Waals surface area (Å²) in [5.74, 6) is 0. The van der Waals surface area contributed by atoms with Crippen LogP contribution in [-0.2, 0) is 6.54 Å². The van der Waals surface area contributed by atoms with Crippen LogP contribution in [0.1, 0.15) is 13.3 Å². The van der Waals surface area contributed by atoms with Crippen LogP contribution in [0.15, 0.2) is 23.2 Å². The topological polar surface area (TPSA) is 30.7 Å². The number of halogens is 1. The summed E-state index contributed by atoms with van der Waals surface area (Å²) >= 11 is 3.47. The Morgan fingerprint density at radius 3 is 3.08 bits per heavy atom. The van der Waals surface area contributed by atoms with E-state index >= 15 is 0 Å². The van der Waals surface area contributed by atoms with Crippen LogP contribution < -0.4 is 0 Å². The van der Waals surface area contributed by atoms with E-state index in [0.717, 1.165) is 28.5 Å². The minimum atomic E-state index is 0.947. The summed E-state index contributed by atoms with van der Waals surface area (Å²) < 4.78 is 3.15. The molecule has 0 radical (unpaired) electrons. The van der Waals surface area contributed by atoms with E-state index in [1.807, 2.05) is 6.33 Å². The van der Waals surface area contributed by atoms with Crippen molar-refractivity contribution in [3.8, 4) is 0 Å². The molecule has 2 aromatic heterocycles. The second-order valence-electron chi connectivity index (χ2n) is 2.93. The van der Waals surface area contributed by atoms with Crippen molar-refractivity contribution in [1.82, 2.24) is 14.5 Å². The Balaban J connectivity index is 2.64. The first kappa shape index (κ1) is 8.69. The first-order valence-corrected chi connectivity index (χ1v) is 5.06. The molecule has 0 unspecified atom stereocenters. The number of hydrogen-bond acceptors (Lipinski definition) is 2. The van der Waals surface area contributed by atoms with Crippen molar-refractivity contribution in [3.05, 3.63) is 23.2 Å². The van der Waals surface area contributed by atoms with Gasteiger partial charge in [-0.25, -0.2) is 4.98 Å². The maximum atomic E-state index is 4.27. The average molecular weight is 240 g/mol. The second kappa shape index (κ2) is 3.46. The van der Waals surface area contributed by atoms with Gasteiger partial charge in [0.2, 0.25) is 0 Å². The lowest BCUT2D eigenvalue weighted by molar-refractivity contribution is 0.696. The molecule has 0 atom stereocenters. The maximum absolute atomic E-state index is 4.27. The van der Waals surface area contributed by atoms with E-state index in [4.69, 9.17) is 0 Å². The molecule has 3 nitrogen and oxygen atoms in total. The lowest BCUT2D eigenvalue weighted by Crippen LogP contribution is -1.94. The molecule has 2 aromatic rings. The molecule has 0 amide bonds. The lowest BCUT2D eigenvalue weighted by atomic mass is 10.4. The molecule has 13 heavy (non-hydrogen) atoms. The van der Waals surface area contributed by atoms with Crippen molar-refractivity contribution in [3.63, 3.8) is 0 Å². The number of aromatic nitrogens is 3. The van der Waals surface area contributed by atoms with E-state index in [0.29, 0.717) is 0 Å². The highest BCUT2D eigenvalue weighted by Crippen LogP contribution is 2.21. The summed E-state index contributed by atoms with van der Waals surface area (Å²) in [5, 5.41) is 0. The molecule has 68 valence electrons. The standard InChI is InChI=1S/C9H10BrN3/c1-2-3-13-6-12-8-5-11-4-7(10)9(8)13/h4-6H,2-3H2,1H3. The predicted molar refractivity (Wildman–Crippen MR) is 55.5 cm³/mol. The molecule has 4 heteroatoms. The largest absolute Gasteiger partial charge is 0.330 e. The maximum Gasteiger partial charge on any atom is 0.108 e. The lowest BCUT2D eigenvalue weighted by Gasteiger charge is -2.01. The number of pyridine rings is 1. The van der Waals surface area contributed by atoms with Crippen molar-refractivity contribution >= 4 is 27.0 Å². The van der Waals surface area contributed by atoms with Crippen molar-refractivity contribution in [2.75, 3.05) is 0 Å². The van der Waals surface area contributed by atoms with Crippen LogP contribution in [0.25, 0.3) is 11.0 Å². The molecule has 0 aromatic carbocycles. The smallest absolute Gasteiger partial charge is 0.108 e. The fourth-order valence-corrected chi connectivity index (χ4v) is 1.95. The highest BCUT2D eigenvalue weighted by molar-refractivity contribution is 9.10. The van der Waals surface area contributed by atoms with Crippen LogP contribution in [0.3, 0.4) is 0 Å². The van der Waals surface area contributed by atoms with Crippen LogP contribution in [0.5, 0.6) is 0 Å². The highest BCUT2D eigenvalue weighted by Gasteiger charge is 2.04. The second-order valence-corrected chi connectivity index (χ2v) is 3.78. The first-order valence-electron chi connectivity index (χ1n) is 4.27. The molecular weight excluding hydrogens is 230 g/mol. The summed E-state index contributed by atoms with van der Waals surface area (Å²) in [5.41, 5.74) is 2.08. The summed E-state index contributed by atoms with van der Waals surface area (Å²) in [4.78, 5) is 8.33. The summed E-state index contributed by atoms with van der Waals surface area (Å²) in [7, 11) is 0. The SMILES string of the molecule is CCCn1cnc2cncc(Br)c21. The van der Waals surface area contributed by atoms with Gasteiger partial charge in [0.05, 0.1) is 22.5 Å². The number of aryl methyl sites for hydroxylation is 1. The van der Waals surface area contributed by atoms with Gasteiger partial charge in [0.15, 0.2) is 0 Å². The van der Waals surface area contributed by atoms with Crippen molar-refractivity contribution < 1.29 is 0 Å². The number of imidazole rings is 1. The molecule has 0 N–H and O–H groups in total. The van der Waals surface area contributed by atoms with Crippen molar-refractivity contribution in [1.29, 1.82) is 0 Å². The van der Waals surface area contributed by atoms with Gasteiger partial charge in [-0.2, -0.15) is 0 Å². The van der Waals surface area contributed by atoms with Gasteiger partial charge in [-0.3, -0.25) is 4.98 Å². The molecule has 2 rings (SSSR count). The van der Waals surface area contributed by atoms with Crippen LogP contribution in [0, 0.1) is 0 Å². The third-order valence-electron chi connectivity index (χ3n) is 1.94. The van der Waals surface area contributed by atoms with E-state index in [2.05, 4.69) is 37.4 Å². The molecule has 0 aliphatic carbocycles. The van der Waals surface area contributed by atoms with Gasteiger partial charge >= 0.3 is 0 Å². The molecule has 0 aliphatic heterocycles. The normalized spacial score (nSPS) is 10.9. The molecule has 0 saturated carbocycles. The van der Waals surface area contributed by atoms with E-state index in [9.17, 15) is 0 Å². The quantitative estimate of drug-likeness (QED) is 0.807.